The van der Waals surface area contributed by atoms with Gasteiger partial charge in [0, 0.05) is 12.1 Å². The minimum Gasteiger partial charge on any atom is -0.478 e. The first kappa shape index (κ1) is 20.7. The van der Waals surface area contributed by atoms with Crippen LogP contribution < -0.4 is 10.6 Å². The standard InChI is InChI=1S/C22H16N4O6/c27-18(23-10-12-6-8-14(9-7-12)22(30)31)16-19(28)26-17(20(29)25-16)21-24-11-15(32-21)13-4-2-1-3-5-13/h1-9,11,16H,10H2,(H,23,27)(H,25,29)(H,30,31). The fourth-order valence-corrected chi connectivity index (χ4v) is 2.99. The Morgan fingerprint density at radius 3 is 2.47 bits per heavy atom. The van der Waals surface area contributed by atoms with Gasteiger partial charge in [0.1, 0.15) is 0 Å². The van der Waals surface area contributed by atoms with Crippen molar-refractivity contribution in [3.8, 4) is 11.3 Å². The Kier molecular flexibility index (Phi) is 5.58. The van der Waals surface area contributed by atoms with E-state index in [0.29, 0.717) is 11.3 Å². The molecule has 4 rings (SSSR count). The molecule has 1 aliphatic rings. The highest BCUT2D eigenvalue weighted by Gasteiger charge is 2.36. The van der Waals surface area contributed by atoms with Gasteiger partial charge in [-0.25, -0.2) is 9.78 Å². The molecule has 0 bridgehead atoms. The number of benzene rings is 2. The molecule has 160 valence electrons. The van der Waals surface area contributed by atoms with Gasteiger partial charge >= 0.3 is 5.97 Å². The van der Waals surface area contributed by atoms with Gasteiger partial charge in [-0.1, -0.05) is 42.5 Å². The highest BCUT2D eigenvalue weighted by atomic mass is 16.4. The number of aromatic carboxylic acids is 1. The molecule has 32 heavy (non-hydrogen) atoms. The van der Waals surface area contributed by atoms with Crippen molar-refractivity contribution in [2.45, 2.75) is 12.6 Å². The van der Waals surface area contributed by atoms with Crippen LogP contribution in [0.5, 0.6) is 0 Å². The molecule has 0 spiro atoms. The van der Waals surface area contributed by atoms with Crippen molar-refractivity contribution < 1.29 is 28.7 Å². The van der Waals surface area contributed by atoms with Crippen molar-refractivity contribution in [1.29, 1.82) is 0 Å². The second-order valence-electron chi connectivity index (χ2n) is 6.82. The highest BCUT2D eigenvalue weighted by molar-refractivity contribution is 6.48. The Hall–Kier alpha value is -4.60. The van der Waals surface area contributed by atoms with E-state index in [-0.39, 0.29) is 23.7 Å². The molecule has 1 aliphatic heterocycles. The van der Waals surface area contributed by atoms with Crippen LogP contribution in [-0.4, -0.2) is 45.5 Å². The summed E-state index contributed by atoms with van der Waals surface area (Å²) in [6, 6.07) is 13.4. The number of carbonyl (C=O) groups excluding carboxylic acids is 3. The van der Waals surface area contributed by atoms with E-state index >= 15 is 0 Å². The summed E-state index contributed by atoms with van der Waals surface area (Å²) in [5, 5.41) is 13.7. The van der Waals surface area contributed by atoms with Crippen molar-refractivity contribution in [3.05, 3.63) is 77.8 Å². The van der Waals surface area contributed by atoms with Crippen molar-refractivity contribution in [2.24, 2.45) is 4.99 Å². The lowest BCUT2D eigenvalue weighted by molar-refractivity contribution is -0.134. The van der Waals surface area contributed by atoms with Crippen molar-refractivity contribution in [1.82, 2.24) is 15.6 Å². The topological polar surface area (TPSA) is 151 Å². The normalized spacial score (nSPS) is 15.6. The summed E-state index contributed by atoms with van der Waals surface area (Å²) in [4.78, 5) is 55.8. The molecule has 1 unspecified atom stereocenters. The summed E-state index contributed by atoms with van der Waals surface area (Å²) in [5.41, 5.74) is 1.16. The first-order chi connectivity index (χ1) is 15.4. The number of nitrogens with one attached hydrogen (secondary N) is 2. The van der Waals surface area contributed by atoms with E-state index in [9.17, 15) is 19.2 Å². The zero-order valence-electron chi connectivity index (χ0n) is 16.4. The number of hydrogen-bond donors (Lipinski definition) is 3. The van der Waals surface area contributed by atoms with Crippen LogP contribution in [0, 0.1) is 0 Å². The Morgan fingerprint density at radius 2 is 1.78 bits per heavy atom. The molecule has 0 saturated carbocycles. The minimum atomic E-state index is -1.49. The number of hydrogen-bond acceptors (Lipinski definition) is 6. The third kappa shape index (κ3) is 4.29. The van der Waals surface area contributed by atoms with Gasteiger partial charge in [-0.05, 0) is 17.7 Å². The number of oxazole rings is 1. The first-order valence-electron chi connectivity index (χ1n) is 9.47. The smallest absolute Gasteiger partial charge is 0.335 e. The molecule has 2 aromatic carbocycles. The van der Waals surface area contributed by atoms with E-state index < -0.39 is 29.7 Å². The quantitative estimate of drug-likeness (QED) is 0.495. The second-order valence-corrected chi connectivity index (χ2v) is 6.82. The number of rotatable bonds is 6. The number of amides is 3. The fraction of sp³-hybridized carbons (Fsp3) is 0.0909. The predicted octanol–water partition coefficient (Wildman–Crippen LogP) is 1.17. The molecule has 3 amide bonds. The van der Waals surface area contributed by atoms with Crippen LogP contribution >= 0.6 is 0 Å². The van der Waals surface area contributed by atoms with E-state index in [2.05, 4.69) is 20.6 Å². The van der Waals surface area contributed by atoms with E-state index in [1.807, 2.05) is 18.2 Å². The lowest BCUT2D eigenvalue weighted by Gasteiger charge is -2.19. The molecule has 1 atom stereocenters. The van der Waals surface area contributed by atoms with E-state index in [0.717, 1.165) is 5.56 Å². The van der Waals surface area contributed by atoms with Gasteiger partial charge in [-0.15, -0.1) is 0 Å². The van der Waals surface area contributed by atoms with E-state index in [4.69, 9.17) is 9.52 Å². The molecule has 0 saturated heterocycles. The van der Waals surface area contributed by atoms with Gasteiger partial charge in [-0.2, -0.15) is 4.99 Å². The number of carboxylic acids is 1. The maximum atomic E-state index is 12.4. The Balaban J connectivity index is 1.43. The molecule has 0 radical (unpaired) electrons. The summed E-state index contributed by atoms with van der Waals surface area (Å²) >= 11 is 0. The van der Waals surface area contributed by atoms with Crippen LogP contribution in [-0.2, 0) is 20.9 Å². The Labute approximate surface area is 181 Å². The van der Waals surface area contributed by atoms with Crippen LogP contribution in [0.4, 0.5) is 0 Å². The lowest BCUT2D eigenvalue weighted by Crippen LogP contribution is -2.55. The van der Waals surface area contributed by atoms with Crippen LogP contribution in [0.2, 0.25) is 0 Å². The van der Waals surface area contributed by atoms with Gasteiger partial charge in [0.25, 0.3) is 23.6 Å². The van der Waals surface area contributed by atoms with Crippen LogP contribution in [0.25, 0.3) is 11.3 Å². The van der Waals surface area contributed by atoms with Gasteiger partial charge < -0.3 is 20.2 Å². The van der Waals surface area contributed by atoms with Gasteiger partial charge in [0.05, 0.1) is 11.8 Å². The molecule has 2 heterocycles. The molecule has 0 aliphatic carbocycles. The lowest BCUT2D eigenvalue weighted by atomic mass is 10.1. The molecule has 1 aromatic heterocycles. The van der Waals surface area contributed by atoms with Gasteiger partial charge in [0.2, 0.25) is 0 Å². The second kappa shape index (κ2) is 8.64. The summed E-state index contributed by atoms with van der Waals surface area (Å²) < 4.78 is 5.56. The molecular weight excluding hydrogens is 416 g/mol. The van der Waals surface area contributed by atoms with E-state index in [1.54, 1.807) is 12.1 Å². The SMILES string of the molecule is O=C1NC(C(=O)NCc2ccc(C(=O)O)cc2)C(=O)N=C1c1ncc(-c2ccccc2)o1. The number of nitrogens with zero attached hydrogens (tertiary/aromatic N) is 2. The Bertz CT molecular complexity index is 1230. The zero-order chi connectivity index (χ0) is 22.7. The van der Waals surface area contributed by atoms with Crippen molar-refractivity contribution in [2.75, 3.05) is 0 Å². The maximum absolute atomic E-state index is 12.4. The maximum Gasteiger partial charge on any atom is 0.335 e. The summed E-state index contributed by atoms with van der Waals surface area (Å²) in [6.45, 7) is 0.0368. The molecule has 10 nitrogen and oxygen atoms in total. The first-order valence-corrected chi connectivity index (χ1v) is 9.47. The molecular formula is C22H16N4O6. The molecule has 0 fully saturated rings. The molecule has 3 N–H and O–H groups in total. The minimum absolute atomic E-state index is 0.0368. The number of carbonyl (C=O) groups is 4. The summed E-state index contributed by atoms with van der Waals surface area (Å²) in [7, 11) is 0. The van der Waals surface area contributed by atoms with E-state index in [1.165, 1.54) is 30.5 Å². The van der Waals surface area contributed by atoms with Crippen molar-refractivity contribution in [3.63, 3.8) is 0 Å². The monoisotopic (exact) mass is 432 g/mol. The third-order valence-corrected chi connectivity index (χ3v) is 4.66. The largest absolute Gasteiger partial charge is 0.478 e. The van der Waals surface area contributed by atoms with Crippen LogP contribution in [0.3, 0.4) is 0 Å². The zero-order valence-corrected chi connectivity index (χ0v) is 16.4. The summed E-state index contributed by atoms with van der Waals surface area (Å²) in [6.07, 6.45) is 1.42. The fourth-order valence-electron chi connectivity index (χ4n) is 2.99. The van der Waals surface area contributed by atoms with Crippen molar-refractivity contribution >= 4 is 29.4 Å². The average Bonchev–Trinajstić information content (AvgIpc) is 3.29. The molecule has 3 aromatic rings. The highest BCUT2D eigenvalue weighted by Crippen LogP contribution is 2.20. The van der Waals surface area contributed by atoms with Gasteiger partial charge in [0.15, 0.2) is 17.5 Å². The Morgan fingerprint density at radius 1 is 1.06 bits per heavy atom. The van der Waals surface area contributed by atoms with Gasteiger partial charge in [-0.3, -0.25) is 14.4 Å². The number of carboxylic acid groups (broad SMARTS) is 1. The van der Waals surface area contributed by atoms with Crippen LogP contribution in [0.15, 0.2) is 70.2 Å². The summed E-state index contributed by atoms with van der Waals surface area (Å²) in [5.74, 6) is -3.17. The molecule has 10 heteroatoms. The third-order valence-electron chi connectivity index (χ3n) is 4.66. The predicted molar refractivity (Wildman–Crippen MR) is 111 cm³/mol. The van der Waals surface area contributed by atoms with Crippen LogP contribution in [0.1, 0.15) is 21.8 Å². The average molecular weight is 432 g/mol. The number of aromatic nitrogens is 1. The number of aliphatic imine (C=N–C) groups is 1.